The van der Waals surface area contributed by atoms with Gasteiger partial charge in [0.25, 0.3) is 5.91 Å². The summed E-state index contributed by atoms with van der Waals surface area (Å²) in [6.45, 7) is 0.260. The zero-order valence-electron chi connectivity index (χ0n) is 23.0. The van der Waals surface area contributed by atoms with Crippen LogP contribution >= 0.6 is 0 Å². The zero-order valence-corrected chi connectivity index (χ0v) is 23.0. The number of rotatable bonds is 10. The zero-order chi connectivity index (χ0) is 30.9. The number of hydrazone groups is 1. The number of carbonyl (C=O) groups excluding carboxylic acids is 3. The molecule has 9 nitrogen and oxygen atoms in total. The fourth-order valence-corrected chi connectivity index (χ4v) is 5.17. The Hall–Kier alpha value is -3.94. The van der Waals surface area contributed by atoms with Crippen molar-refractivity contribution in [1.29, 1.82) is 0 Å². The van der Waals surface area contributed by atoms with Gasteiger partial charge in [-0.05, 0) is 18.2 Å². The lowest BCUT2D eigenvalue weighted by atomic mass is 9.72. The number of halogens is 5. The Morgan fingerprint density at radius 3 is 2.52 bits per heavy atom. The van der Waals surface area contributed by atoms with Crippen molar-refractivity contribution in [1.82, 2.24) is 14.9 Å². The van der Waals surface area contributed by atoms with Gasteiger partial charge in [-0.1, -0.05) is 26.0 Å². The third-order valence-corrected chi connectivity index (χ3v) is 7.73. The fraction of sp³-hybridized carbons (Fsp3) is 0.464. The van der Waals surface area contributed by atoms with Gasteiger partial charge in [-0.25, -0.2) is 13.8 Å². The summed E-state index contributed by atoms with van der Waals surface area (Å²) >= 11 is 0. The average molecular weight is 596 g/mol. The Kier molecular flexibility index (Phi) is 8.67. The van der Waals surface area contributed by atoms with Gasteiger partial charge in [0.15, 0.2) is 0 Å². The molecule has 2 N–H and O–H groups in total. The van der Waals surface area contributed by atoms with Crippen LogP contribution in [0.4, 0.5) is 22.0 Å². The molecule has 14 heteroatoms. The molecule has 0 spiro atoms. The number of amides is 3. The van der Waals surface area contributed by atoms with Crippen LogP contribution in [0.2, 0.25) is 0 Å². The molecule has 0 unspecified atom stereocenters. The lowest BCUT2D eigenvalue weighted by Crippen LogP contribution is -2.59. The van der Waals surface area contributed by atoms with E-state index in [-0.39, 0.29) is 50.4 Å². The number of nitrogens with two attached hydrogens (primary N) is 1. The second-order valence-electron chi connectivity index (χ2n) is 11.0. The highest BCUT2D eigenvalue weighted by molar-refractivity contribution is 6.13. The van der Waals surface area contributed by atoms with Gasteiger partial charge in [-0.2, -0.15) is 18.3 Å². The van der Waals surface area contributed by atoms with Crippen LogP contribution in [0.25, 0.3) is 0 Å². The maximum atomic E-state index is 14.1. The molecule has 0 radical (unpaired) electrons. The van der Waals surface area contributed by atoms with Gasteiger partial charge >= 0.3 is 6.18 Å². The first-order chi connectivity index (χ1) is 19.6. The first kappa shape index (κ1) is 31.0. The number of carbonyl (C=O) groups is 3. The van der Waals surface area contributed by atoms with Crippen molar-refractivity contribution in [2.75, 3.05) is 26.2 Å². The number of hydrogen-bond acceptors (Lipinski definition) is 6. The van der Waals surface area contributed by atoms with E-state index in [1.807, 2.05) is 0 Å². The predicted molar refractivity (Wildman–Crippen MR) is 139 cm³/mol. The van der Waals surface area contributed by atoms with Crippen molar-refractivity contribution in [2.45, 2.75) is 39.5 Å². The van der Waals surface area contributed by atoms with Gasteiger partial charge in [0, 0.05) is 49.5 Å². The van der Waals surface area contributed by atoms with Gasteiger partial charge < -0.3 is 15.4 Å². The van der Waals surface area contributed by atoms with Crippen molar-refractivity contribution in [2.24, 2.45) is 27.6 Å². The van der Waals surface area contributed by atoms with Crippen LogP contribution in [-0.4, -0.2) is 70.7 Å². The van der Waals surface area contributed by atoms with Crippen LogP contribution in [0, 0.1) is 28.4 Å². The van der Waals surface area contributed by atoms with Gasteiger partial charge in [0.1, 0.15) is 23.6 Å². The van der Waals surface area contributed by atoms with Crippen molar-refractivity contribution >= 4 is 23.4 Å². The summed E-state index contributed by atoms with van der Waals surface area (Å²) in [6.07, 6.45) is -3.32. The summed E-state index contributed by atoms with van der Waals surface area (Å²) in [5.41, 5.74) is 3.19. The molecule has 3 amide bonds. The Balaban J connectivity index is 1.61. The fourth-order valence-electron chi connectivity index (χ4n) is 5.17. The quantitative estimate of drug-likeness (QED) is 0.424. The Bertz CT molecular complexity index is 1380. The Labute approximate surface area is 238 Å². The monoisotopic (exact) mass is 595 g/mol. The summed E-state index contributed by atoms with van der Waals surface area (Å²) in [6, 6.07) is 7.85. The summed E-state index contributed by atoms with van der Waals surface area (Å²) < 4.78 is 72.8. The van der Waals surface area contributed by atoms with Gasteiger partial charge in [-0.15, -0.1) is 0 Å². The SMILES string of the molecule is CC(C)(C(N)=O)[C@H](COCc1ccc(F)cc1F)C(=O)N1CCC2=NN(CC(F)(F)F)C(=O)[C@]2(Cc2ccccn2)C1. The maximum Gasteiger partial charge on any atom is 0.408 e. The van der Waals surface area contributed by atoms with E-state index in [2.05, 4.69) is 10.1 Å². The van der Waals surface area contributed by atoms with E-state index in [1.165, 1.54) is 31.0 Å². The molecule has 3 heterocycles. The number of nitrogens with zero attached hydrogens (tertiary/aromatic N) is 4. The standard InChI is InChI=1S/C28H30F5N5O4/c1-26(2,24(34)40)20(14-42-13-17-6-7-18(29)11-21(17)30)23(39)37-10-8-22-27(15-37,12-19-5-3-4-9-35-19)25(41)38(36-22)16-28(31,32)33/h3-7,9,11,20H,8,10,12-16H2,1-2H3,(H2,34,40)/t20-,27-/m1/s1. The number of piperidine rings is 1. The van der Waals surface area contributed by atoms with Crippen LogP contribution in [-0.2, 0) is 32.1 Å². The molecule has 1 fully saturated rings. The minimum atomic E-state index is -4.70. The number of fused-ring (bicyclic) bond motifs is 1. The number of alkyl halides is 3. The Morgan fingerprint density at radius 1 is 1.17 bits per heavy atom. The van der Waals surface area contributed by atoms with Crippen molar-refractivity contribution in [3.63, 3.8) is 0 Å². The summed E-state index contributed by atoms with van der Waals surface area (Å²) in [5, 5.41) is 4.40. The first-order valence-electron chi connectivity index (χ1n) is 13.1. The maximum absolute atomic E-state index is 14.1. The second kappa shape index (κ2) is 11.7. The molecule has 2 aromatic rings. The number of benzene rings is 1. The molecule has 2 atom stereocenters. The van der Waals surface area contributed by atoms with Crippen LogP contribution in [0.1, 0.15) is 31.5 Å². The van der Waals surface area contributed by atoms with E-state index in [9.17, 15) is 36.3 Å². The molecule has 226 valence electrons. The smallest absolute Gasteiger partial charge is 0.376 e. The average Bonchev–Trinajstić information content (AvgIpc) is 3.16. The molecule has 1 aromatic heterocycles. The highest BCUT2D eigenvalue weighted by Gasteiger charge is 2.57. The topological polar surface area (TPSA) is 118 Å². The molecule has 1 saturated heterocycles. The molecule has 42 heavy (non-hydrogen) atoms. The van der Waals surface area contributed by atoms with E-state index < -0.39 is 58.8 Å². The summed E-state index contributed by atoms with van der Waals surface area (Å²) in [4.78, 5) is 45.4. The number of pyridine rings is 1. The van der Waals surface area contributed by atoms with E-state index in [0.29, 0.717) is 16.8 Å². The molecule has 1 aromatic carbocycles. The third kappa shape index (κ3) is 6.42. The van der Waals surface area contributed by atoms with Crippen LogP contribution in [0.5, 0.6) is 0 Å². The van der Waals surface area contributed by atoms with Crippen LogP contribution < -0.4 is 5.73 Å². The van der Waals surface area contributed by atoms with Gasteiger partial charge in [0.05, 0.1) is 30.3 Å². The molecular weight excluding hydrogens is 565 g/mol. The highest BCUT2D eigenvalue weighted by Crippen LogP contribution is 2.41. The third-order valence-electron chi connectivity index (χ3n) is 7.73. The number of hydrogen-bond donors (Lipinski definition) is 1. The van der Waals surface area contributed by atoms with Gasteiger partial charge in [-0.3, -0.25) is 19.4 Å². The van der Waals surface area contributed by atoms with Crippen molar-refractivity contribution in [3.8, 4) is 0 Å². The molecule has 4 rings (SSSR count). The number of aromatic nitrogens is 1. The Morgan fingerprint density at radius 2 is 1.90 bits per heavy atom. The lowest BCUT2D eigenvalue weighted by molar-refractivity contribution is -0.164. The predicted octanol–water partition coefficient (Wildman–Crippen LogP) is 3.23. The highest BCUT2D eigenvalue weighted by atomic mass is 19.4. The molecule has 0 aliphatic carbocycles. The second-order valence-corrected chi connectivity index (χ2v) is 11.0. The van der Waals surface area contributed by atoms with Gasteiger partial charge in [0.2, 0.25) is 11.8 Å². The molecule has 2 aliphatic rings. The van der Waals surface area contributed by atoms with E-state index >= 15 is 0 Å². The first-order valence-corrected chi connectivity index (χ1v) is 13.1. The molecule has 0 bridgehead atoms. The summed E-state index contributed by atoms with van der Waals surface area (Å²) in [5.74, 6) is -5.19. The van der Waals surface area contributed by atoms with E-state index in [1.54, 1.807) is 18.2 Å². The van der Waals surface area contributed by atoms with E-state index in [0.717, 1.165) is 6.07 Å². The molecule has 2 aliphatic heterocycles. The minimum absolute atomic E-state index is 0.00401. The number of primary amides is 1. The van der Waals surface area contributed by atoms with Crippen molar-refractivity contribution < 1.29 is 41.1 Å². The van der Waals surface area contributed by atoms with Crippen LogP contribution in [0.15, 0.2) is 47.7 Å². The summed E-state index contributed by atoms with van der Waals surface area (Å²) in [7, 11) is 0. The van der Waals surface area contributed by atoms with Crippen molar-refractivity contribution in [3.05, 3.63) is 65.5 Å². The molecular formula is C28H30F5N5O4. The number of likely N-dealkylation sites (tertiary alicyclic amines) is 1. The van der Waals surface area contributed by atoms with Crippen LogP contribution in [0.3, 0.4) is 0 Å². The minimum Gasteiger partial charge on any atom is -0.376 e. The van der Waals surface area contributed by atoms with E-state index in [4.69, 9.17) is 10.5 Å². The molecule has 0 saturated carbocycles. The normalized spacial score (nSPS) is 19.9. The largest absolute Gasteiger partial charge is 0.408 e. The number of ether oxygens (including phenoxy) is 1. The lowest BCUT2D eigenvalue weighted by Gasteiger charge is -2.42.